The number of aromatic nitrogens is 4. The summed E-state index contributed by atoms with van der Waals surface area (Å²) >= 11 is 0. The van der Waals surface area contributed by atoms with Gasteiger partial charge in [0.2, 0.25) is 12.1 Å². The molecule has 0 aliphatic carbocycles. The van der Waals surface area contributed by atoms with E-state index < -0.39 is 8.03 Å². The van der Waals surface area contributed by atoms with Gasteiger partial charge in [-0.3, -0.25) is 4.57 Å². The van der Waals surface area contributed by atoms with Gasteiger partial charge in [0, 0.05) is 12.1 Å². The number of nitrogens with one attached hydrogen (secondary N) is 2. The summed E-state index contributed by atoms with van der Waals surface area (Å²) in [6, 6.07) is 17.0. The van der Waals surface area contributed by atoms with Crippen LogP contribution in [0.4, 0.5) is 11.8 Å². The summed E-state index contributed by atoms with van der Waals surface area (Å²) in [6.45, 7) is 0.755. The van der Waals surface area contributed by atoms with Crippen LogP contribution in [0, 0.1) is 0 Å². The van der Waals surface area contributed by atoms with Crippen LogP contribution in [0.25, 0.3) is 11.2 Å². The normalized spacial score (nSPS) is 11.6. The summed E-state index contributed by atoms with van der Waals surface area (Å²) in [5.41, 5.74) is 9.05. The van der Waals surface area contributed by atoms with Crippen molar-refractivity contribution in [2.75, 3.05) is 11.1 Å². The second-order valence-electron chi connectivity index (χ2n) is 6.82. The fourth-order valence-electron chi connectivity index (χ4n) is 3.22. The van der Waals surface area contributed by atoms with Crippen molar-refractivity contribution in [3.8, 4) is 0 Å². The number of imidazole rings is 1. The summed E-state index contributed by atoms with van der Waals surface area (Å²) in [5.74, 6) is 0.500. The van der Waals surface area contributed by atoms with E-state index in [1.165, 1.54) is 4.57 Å². The topological polar surface area (TPSA) is 139 Å². The molecule has 1 atom stereocenters. The van der Waals surface area contributed by atoms with Crippen molar-refractivity contribution in [1.82, 2.24) is 19.5 Å². The van der Waals surface area contributed by atoms with Crippen molar-refractivity contribution < 1.29 is 9.46 Å². The maximum atomic E-state index is 12.5. The zero-order valence-corrected chi connectivity index (χ0v) is 16.8. The molecule has 0 bridgehead atoms. The summed E-state index contributed by atoms with van der Waals surface area (Å²) in [5, 5.41) is 3.13. The zero-order valence-electron chi connectivity index (χ0n) is 15.9. The quantitative estimate of drug-likeness (QED) is 0.335. The smallest absolute Gasteiger partial charge is 0.382 e. The van der Waals surface area contributed by atoms with Crippen molar-refractivity contribution in [1.29, 1.82) is 0 Å². The average molecular weight is 423 g/mol. The average Bonchev–Trinajstić information content (AvgIpc) is 3.03. The van der Waals surface area contributed by atoms with E-state index in [1.807, 2.05) is 36.4 Å². The van der Waals surface area contributed by atoms with Crippen LogP contribution in [0.5, 0.6) is 0 Å². The highest BCUT2D eigenvalue weighted by Crippen LogP contribution is 2.22. The van der Waals surface area contributed by atoms with E-state index >= 15 is 0 Å². The molecule has 10 heteroatoms. The number of hydrogen-bond acceptors (Lipinski definition) is 6. The third kappa shape index (κ3) is 4.37. The van der Waals surface area contributed by atoms with E-state index in [9.17, 15) is 9.36 Å². The SMILES string of the molecule is Nc1nc(NCc2ccccc2)nc2c1[nH]c(=O)n2Cc1cccc(C[P+](=O)O)c1. The van der Waals surface area contributed by atoms with Crippen molar-refractivity contribution in [2.45, 2.75) is 19.3 Å². The Morgan fingerprint density at radius 2 is 1.80 bits per heavy atom. The molecule has 0 saturated heterocycles. The molecule has 0 fully saturated rings. The second kappa shape index (κ2) is 8.44. The molecular weight excluding hydrogens is 403 g/mol. The van der Waals surface area contributed by atoms with Crippen LogP contribution in [-0.2, 0) is 23.8 Å². The van der Waals surface area contributed by atoms with E-state index in [0.717, 1.165) is 16.7 Å². The minimum absolute atomic E-state index is 0.0641. The van der Waals surface area contributed by atoms with Gasteiger partial charge >= 0.3 is 13.7 Å². The van der Waals surface area contributed by atoms with Crippen LogP contribution in [0.1, 0.15) is 16.7 Å². The highest BCUT2D eigenvalue weighted by Gasteiger charge is 2.16. The number of aromatic amines is 1. The fourth-order valence-corrected chi connectivity index (χ4v) is 3.73. The first kappa shape index (κ1) is 19.8. The van der Waals surface area contributed by atoms with Crippen LogP contribution in [0.2, 0.25) is 0 Å². The first-order valence-corrected chi connectivity index (χ1v) is 10.6. The van der Waals surface area contributed by atoms with Gasteiger partial charge in [0.05, 0.1) is 6.54 Å². The summed E-state index contributed by atoms with van der Waals surface area (Å²) in [4.78, 5) is 33.1. The minimum Gasteiger partial charge on any atom is -0.382 e. The van der Waals surface area contributed by atoms with Gasteiger partial charge in [0.25, 0.3) is 0 Å². The van der Waals surface area contributed by atoms with E-state index in [1.54, 1.807) is 18.2 Å². The molecule has 0 spiro atoms. The van der Waals surface area contributed by atoms with Crippen molar-refractivity contribution in [2.24, 2.45) is 0 Å². The fraction of sp³-hybridized carbons (Fsp3) is 0.150. The maximum absolute atomic E-state index is 12.5. The van der Waals surface area contributed by atoms with E-state index in [2.05, 4.69) is 20.3 Å². The summed E-state index contributed by atoms with van der Waals surface area (Å²) < 4.78 is 12.6. The highest BCUT2D eigenvalue weighted by molar-refractivity contribution is 7.37. The lowest BCUT2D eigenvalue weighted by Crippen LogP contribution is -2.18. The molecule has 1 unspecified atom stereocenters. The largest absolute Gasteiger partial charge is 0.510 e. The molecule has 0 aliphatic rings. The number of rotatable bonds is 7. The number of benzene rings is 2. The Labute approximate surface area is 172 Å². The van der Waals surface area contributed by atoms with Crippen molar-refractivity contribution >= 4 is 31.0 Å². The molecule has 0 saturated carbocycles. The number of nitrogens with zero attached hydrogens (tertiary/aromatic N) is 3. The molecule has 4 rings (SSSR count). The first-order chi connectivity index (χ1) is 14.5. The van der Waals surface area contributed by atoms with E-state index in [0.29, 0.717) is 23.7 Å². The molecule has 30 heavy (non-hydrogen) atoms. The van der Waals surface area contributed by atoms with E-state index in [4.69, 9.17) is 10.6 Å². The highest BCUT2D eigenvalue weighted by atomic mass is 31.1. The molecular formula is C20H20N6O3P+. The Bertz CT molecular complexity index is 1270. The molecule has 9 nitrogen and oxygen atoms in total. The minimum atomic E-state index is -2.28. The number of nitrogens with two attached hydrogens (primary N) is 1. The Kier molecular flexibility index (Phi) is 5.56. The molecule has 2 heterocycles. The molecule has 0 radical (unpaired) electrons. The van der Waals surface area contributed by atoms with Gasteiger partial charge in [0.1, 0.15) is 5.52 Å². The third-order valence-electron chi connectivity index (χ3n) is 4.59. The molecule has 152 valence electrons. The maximum Gasteiger partial charge on any atom is 0.510 e. The van der Waals surface area contributed by atoms with Gasteiger partial charge < -0.3 is 16.0 Å². The Morgan fingerprint density at radius 1 is 1.07 bits per heavy atom. The number of H-pyrrole nitrogens is 1. The molecule has 2 aromatic heterocycles. The number of fused-ring (bicyclic) bond motifs is 1. The van der Waals surface area contributed by atoms with Crippen molar-refractivity contribution in [3.63, 3.8) is 0 Å². The van der Waals surface area contributed by atoms with Crippen LogP contribution in [0.3, 0.4) is 0 Å². The first-order valence-electron chi connectivity index (χ1n) is 9.25. The van der Waals surface area contributed by atoms with Gasteiger partial charge in [-0.15, -0.1) is 0 Å². The second-order valence-corrected chi connectivity index (χ2v) is 7.84. The number of nitrogen functional groups attached to an aromatic ring is 1. The lowest BCUT2D eigenvalue weighted by atomic mass is 10.1. The Hall–Kier alpha value is -3.55. The zero-order chi connectivity index (χ0) is 21.1. The Balaban J connectivity index is 1.65. The van der Waals surface area contributed by atoms with Gasteiger partial charge in [-0.2, -0.15) is 14.9 Å². The summed E-state index contributed by atoms with van der Waals surface area (Å²) in [7, 11) is -2.28. The molecule has 0 aliphatic heterocycles. The molecule has 2 aromatic carbocycles. The van der Waals surface area contributed by atoms with E-state index in [-0.39, 0.29) is 24.2 Å². The lowest BCUT2D eigenvalue weighted by molar-refractivity contribution is 0.502. The predicted octanol–water partition coefficient (Wildman–Crippen LogP) is 2.60. The third-order valence-corrected chi connectivity index (χ3v) is 5.23. The monoisotopic (exact) mass is 423 g/mol. The van der Waals surface area contributed by atoms with Crippen molar-refractivity contribution in [3.05, 3.63) is 81.8 Å². The van der Waals surface area contributed by atoms with Crippen LogP contribution >= 0.6 is 8.03 Å². The van der Waals surface area contributed by atoms with Crippen LogP contribution in [-0.4, -0.2) is 24.4 Å². The number of anilines is 2. The van der Waals surface area contributed by atoms with Crippen LogP contribution < -0.4 is 16.7 Å². The van der Waals surface area contributed by atoms with Gasteiger partial charge in [0.15, 0.2) is 11.5 Å². The molecule has 0 amide bonds. The Morgan fingerprint density at radius 3 is 2.57 bits per heavy atom. The standard InChI is InChI=1S/C20H19N6O3P/c21-17-16-18(25-19(24-17)22-10-13-5-2-1-3-6-13)26(20(27)23-16)11-14-7-4-8-15(9-14)12-30(28)29/h1-9H,10-12H2,(H4-,21,22,23,24,25,27,28,29)/p+1. The molecule has 4 aromatic rings. The van der Waals surface area contributed by atoms with Gasteiger partial charge in [-0.1, -0.05) is 48.5 Å². The van der Waals surface area contributed by atoms with Gasteiger partial charge in [-0.05, 0) is 21.8 Å². The predicted molar refractivity (Wildman–Crippen MR) is 115 cm³/mol. The number of hydrogen-bond donors (Lipinski definition) is 4. The van der Waals surface area contributed by atoms with Crippen LogP contribution in [0.15, 0.2) is 59.4 Å². The van der Waals surface area contributed by atoms with Gasteiger partial charge in [-0.25, -0.2) is 4.79 Å². The lowest BCUT2D eigenvalue weighted by Gasteiger charge is -2.08. The molecule has 5 N–H and O–H groups in total. The summed E-state index contributed by atoms with van der Waals surface area (Å²) in [6.07, 6.45) is 0.0641.